The van der Waals surface area contributed by atoms with Crippen molar-refractivity contribution in [3.8, 4) is 0 Å². The molecule has 0 aliphatic rings. The van der Waals surface area contributed by atoms with Gasteiger partial charge in [0, 0.05) is 0 Å². The molecule has 1 unspecified atom stereocenters. The molecule has 2 N–H and O–H groups in total. The van der Waals surface area contributed by atoms with E-state index in [2.05, 4.69) is 5.32 Å². The Labute approximate surface area is 102 Å². The summed E-state index contributed by atoms with van der Waals surface area (Å²) in [4.78, 5) is 11.4. The average Bonchev–Trinajstić information content (AvgIpc) is 2.72. The van der Waals surface area contributed by atoms with Gasteiger partial charge in [-0.2, -0.15) is 0 Å². The molecule has 1 rings (SSSR count). The van der Waals surface area contributed by atoms with Gasteiger partial charge in [0.2, 0.25) is 0 Å². The first-order valence-electron chi connectivity index (χ1n) is 6.02. The Morgan fingerprint density at radius 3 is 2.41 bits per heavy atom. The average molecular weight is 239 g/mol. The van der Waals surface area contributed by atoms with Crippen molar-refractivity contribution in [2.24, 2.45) is 0 Å². The standard InChI is InChI=1S/C13H21NO3/c1-5-13(6-2,12(15)16)14-10(4)11-8-7-9(3)17-11/h7-8,10,14H,5-6H2,1-4H3,(H,15,16). The Balaban J connectivity index is 2.84. The normalized spacial score (nSPS) is 13.6. The smallest absolute Gasteiger partial charge is 0.323 e. The number of carbonyl (C=O) groups is 1. The van der Waals surface area contributed by atoms with Crippen molar-refractivity contribution in [2.75, 3.05) is 0 Å². The van der Waals surface area contributed by atoms with E-state index in [0.717, 1.165) is 11.5 Å². The van der Waals surface area contributed by atoms with E-state index in [0.29, 0.717) is 12.8 Å². The molecule has 1 aromatic rings. The van der Waals surface area contributed by atoms with Gasteiger partial charge in [0.25, 0.3) is 0 Å². The number of hydrogen-bond acceptors (Lipinski definition) is 3. The minimum atomic E-state index is -0.875. The largest absolute Gasteiger partial charge is 0.480 e. The molecule has 0 saturated heterocycles. The number of furan rings is 1. The van der Waals surface area contributed by atoms with Gasteiger partial charge in [0.1, 0.15) is 17.1 Å². The molecular weight excluding hydrogens is 218 g/mol. The molecule has 0 aliphatic carbocycles. The molecule has 96 valence electrons. The number of hydrogen-bond donors (Lipinski definition) is 2. The number of carboxylic acids is 1. The van der Waals surface area contributed by atoms with Crippen LogP contribution in [-0.4, -0.2) is 16.6 Å². The maximum Gasteiger partial charge on any atom is 0.323 e. The zero-order chi connectivity index (χ0) is 13.1. The van der Waals surface area contributed by atoms with E-state index >= 15 is 0 Å². The van der Waals surface area contributed by atoms with E-state index < -0.39 is 11.5 Å². The summed E-state index contributed by atoms with van der Waals surface area (Å²) < 4.78 is 5.50. The summed E-state index contributed by atoms with van der Waals surface area (Å²) in [5.74, 6) is 0.801. The summed E-state index contributed by atoms with van der Waals surface area (Å²) in [5, 5.41) is 12.5. The predicted octanol–water partition coefficient (Wildman–Crippen LogP) is 2.88. The van der Waals surface area contributed by atoms with E-state index in [1.807, 2.05) is 39.8 Å². The Bertz CT molecular complexity index is 380. The molecule has 0 aliphatic heterocycles. The molecule has 0 bridgehead atoms. The summed E-state index contributed by atoms with van der Waals surface area (Å²) in [7, 11) is 0. The van der Waals surface area contributed by atoms with Gasteiger partial charge >= 0.3 is 5.97 Å². The van der Waals surface area contributed by atoms with Crippen molar-refractivity contribution in [1.82, 2.24) is 5.32 Å². The SMILES string of the molecule is CCC(CC)(NC(C)c1ccc(C)o1)C(=O)O. The molecular formula is C13H21NO3. The molecule has 0 saturated carbocycles. The monoisotopic (exact) mass is 239 g/mol. The van der Waals surface area contributed by atoms with Gasteiger partial charge < -0.3 is 9.52 Å². The zero-order valence-corrected chi connectivity index (χ0v) is 10.9. The predicted molar refractivity (Wildman–Crippen MR) is 65.9 cm³/mol. The van der Waals surface area contributed by atoms with E-state index in [-0.39, 0.29) is 6.04 Å². The van der Waals surface area contributed by atoms with Crippen molar-refractivity contribution < 1.29 is 14.3 Å². The van der Waals surface area contributed by atoms with Crippen LogP contribution >= 0.6 is 0 Å². The fourth-order valence-electron chi connectivity index (χ4n) is 1.99. The maximum absolute atomic E-state index is 11.4. The van der Waals surface area contributed by atoms with Crippen LogP contribution in [0.5, 0.6) is 0 Å². The van der Waals surface area contributed by atoms with Crippen LogP contribution in [-0.2, 0) is 4.79 Å². The molecule has 0 radical (unpaired) electrons. The van der Waals surface area contributed by atoms with E-state index in [1.165, 1.54) is 0 Å². The van der Waals surface area contributed by atoms with Gasteiger partial charge in [0.15, 0.2) is 0 Å². The lowest BCUT2D eigenvalue weighted by molar-refractivity contribution is -0.145. The van der Waals surface area contributed by atoms with Gasteiger partial charge in [-0.1, -0.05) is 13.8 Å². The fraction of sp³-hybridized carbons (Fsp3) is 0.615. The summed E-state index contributed by atoms with van der Waals surface area (Å²) in [6.07, 6.45) is 1.09. The molecule has 0 fully saturated rings. The topological polar surface area (TPSA) is 62.5 Å². The summed E-state index contributed by atoms with van der Waals surface area (Å²) >= 11 is 0. The van der Waals surface area contributed by atoms with Gasteiger partial charge in [-0.3, -0.25) is 10.1 Å². The van der Waals surface area contributed by atoms with Crippen molar-refractivity contribution >= 4 is 5.97 Å². The van der Waals surface area contributed by atoms with Crippen LogP contribution in [0, 0.1) is 6.92 Å². The summed E-state index contributed by atoms with van der Waals surface area (Å²) in [6, 6.07) is 3.65. The third-order valence-electron chi connectivity index (χ3n) is 3.30. The molecule has 4 nitrogen and oxygen atoms in total. The molecule has 17 heavy (non-hydrogen) atoms. The fourth-order valence-corrected chi connectivity index (χ4v) is 1.99. The second-order valence-corrected chi connectivity index (χ2v) is 4.41. The lowest BCUT2D eigenvalue weighted by atomic mass is 9.91. The number of nitrogens with one attached hydrogen (secondary N) is 1. The van der Waals surface area contributed by atoms with Gasteiger partial charge in [-0.05, 0) is 38.8 Å². The van der Waals surface area contributed by atoms with Crippen molar-refractivity contribution in [2.45, 2.75) is 52.1 Å². The van der Waals surface area contributed by atoms with Gasteiger partial charge in [0.05, 0.1) is 6.04 Å². The highest BCUT2D eigenvalue weighted by molar-refractivity contribution is 5.78. The molecule has 4 heteroatoms. The third-order valence-corrected chi connectivity index (χ3v) is 3.30. The van der Waals surface area contributed by atoms with Crippen molar-refractivity contribution in [3.05, 3.63) is 23.7 Å². The first-order valence-corrected chi connectivity index (χ1v) is 6.02. The van der Waals surface area contributed by atoms with Crippen LogP contribution in [0.3, 0.4) is 0 Å². The first kappa shape index (κ1) is 13.8. The Hall–Kier alpha value is -1.29. The van der Waals surface area contributed by atoms with Crippen molar-refractivity contribution in [1.29, 1.82) is 0 Å². The molecule has 0 spiro atoms. The lowest BCUT2D eigenvalue weighted by Gasteiger charge is -2.31. The van der Waals surface area contributed by atoms with Crippen LogP contribution in [0.4, 0.5) is 0 Å². The van der Waals surface area contributed by atoms with E-state index in [4.69, 9.17) is 4.42 Å². The molecule has 1 aromatic heterocycles. The minimum Gasteiger partial charge on any atom is -0.480 e. The van der Waals surface area contributed by atoms with E-state index in [1.54, 1.807) is 0 Å². The highest BCUT2D eigenvalue weighted by Crippen LogP contribution is 2.23. The summed E-state index contributed by atoms with van der Waals surface area (Å²) in [5.41, 5.74) is -0.875. The van der Waals surface area contributed by atoms with Gasteiger partial charge in [-0.15, -0.1) is 0 Å². The second-order valence-electron chi connectivity index (χ2n) is 4.41. The number of aliphatic carboxylic acids is 1. The zero-order valence-electron chi connectivity index (χ0n) is 10.9. The number of carboxylic acid groups (broad SMARTS) is 1. The van der Waals surface area contributed by atoms with E-state index in [9.17, 15) is 9.90 Å². The highest BCUT2D eigenvalue weighted by Gasteiger charge is 2.36. The maximum atomic E-state index is 11.4. The van der Waals surface area contributed by atoms with Crippen LogP contribution in [0.1, 0.15) is 51.2 Å². The molecule has 1 heterocycles. The Kier molecular flexibility index (Phi) is 4.34. The molecule has 0 amide bonds. The number of rotatable bonds is 6. The van der Waals surface area contributed by atoms with Crippen LogP contribution in [0.25, 0.3) is 0 Å². The highest BCUT2D eigenvalue weighted by atomic mass is 16.4. The van der Waals surface area contributed by atoms with Crippen LogP contribution < -0.4 is 5.32 Å². The first-order chi connectivity index (χ1) is 7.95. The lowest BCUT2D eigenvalue weighted by Crippen LogP contribution is -2.52. The second kappa shape index (κ2) is 5.36. The van der Waals surface area contributed by atoms with Crippen LogP contribution in [0.15, 0.2) is 16.5 Å². The van der Waals surface area contributed by atoms with Crippen LogP contribution in [0.2, 0.25) is 0 Å². The summed E-state index contributed by atoms with van der Waals surface area (Å²) in [6.45, 7) is 7.55. The van der Waals surface area contributed by atoms with Crippen molar-refractivity contribution in [3.63, 3.8) is 0 Å². The quantitative estimate of drug-likeness (QED) is 0.801. The Morgan fingerprint density at radius 2 is 2.06 bits per heavy atom. The Morgan fingerprint density at radius 1 is 1.47 bits per heavy atom. The molecule has 1 atom stereocenters. The van der Waals surface area contributed by atoms with Gasteiger partial charge in [-0.25, -0.2) is 0 Å². The molecule has 0 aromatic carbocycles. The number of aryl methyl sites for hydroxylation is 1. The third kappa shape index (κ3) is 2.88. The minimum absolute atomic E-state index is 0.111.